The van der Waals surface area contributed by atoms with Crippen molar-refractivity contribution in [3.05, 3.63) is 69.4 Å². The third kappa shape index (κ3) is 4.65. The summed E-state index contributed by atoms with van der Waals surface area (Å²) in [4.78, 5) is 22.3. The molecule has 2 fully saturated rings. The molecule has 5 rings (SSSR count). The highest BCUT2D eigenvalue weighted by Crippen LogP contribution is 2.45. The van der Waals surface area contributed by atoms with Gasteiger partial charge in [0.05, 0.1) is 14.7 Å². The molecule has 3 heterocycles. The van der Waals surface area contributed by atoms with Crippen LogP contribution in [0.4, 0.5) is 10.1 Å². The van der Waals surface area contributed by atoms with E-state index in [9.17, 15) is 10.1 Å². The van der Waals surface area contributed by atoms with Crippen molar-refractivity contribution in [2.24, 2.45) is 7.05 Å². The summed E-state index contributed by atoms with van der Waals surface area (Å²) < 4.78 is 16.5. The number of piperazine rings is 1. The molecule has 3 atom stereocenters. The van der Waals surface area contributed by atoms with Gasteiger partial charge in [0.2, 0.25) is 0 Å². The topological polar surface area (TPSA) is 65.2 Å². The summed E-state index contributed by atoms with van der Waals surface area (Å²) >= 11 is 2.42. The van der Waals surface area contributed by atoms with Crippen LogP contribution in [0.1, 0.15) is 69.2 Å². The van der Waals surface area contributed by atoms with E-state index in [1.165, 1.54) is 0 Å². The van der Waals surface area contributed by atoms with Gasteiger partial charge in [-0.2, -0.15) is 5.26 Å². The predicted octanol–water partition coefficient (Wildman–Crippen LogP) is 5.81. The molecule has 194 valence electrons. The average molecular weight is 614 g/mol. The Bertz CT molecular complexity index is 1440. The molecule has 0 amide bonds. The molecule has 2 aliphatic rings. The van der Waals surface area contributed by atoms with Crippen molar-refractivity contribution in [3.8, 4) is 6.07 Å². The smallest absolute Gasteiger partial charge is 0.252 e. The lowest BCUT2D eigenvalue weighted by atomic mass is 9.95. The lowest BCUT2D eigenvalue weighted by Crippen LogP contribution is -2.62. The van der Waals surface area contributed by atoms with Gasteiger partial charge >= 0.3 is 0 Å². The molecule has 1 aliphatic heterocycles. The summed E-state index contributed by atoms with van der Waals surface area (Å²) in [5.41, 5.74) is 4.21. The van der Waals surface area contributed by atoms with Crippen molar-refractivity contribution in [2.45, 2.75) is 68.0 Å². The zero-order valence-corrected chi connectivity index (χ0v) is 24.0. The van der Waals surface area contributed by atoms with Crippen LogP contribution in [0.2, 0.25) is 0 Å². The van der Waals surface area contributed by atoms with E-state index >= 15 is 4.39 Å². The molecule has 0 bridgehead atoms. The van der Waals surface area contributed by atoms with E-state index in [0.717, 1.165) is 49.0 Å². The average Bonchev–Trinajstić information content (AvgIpc) is 3.75. The zero-order valence-electron chi connectivity index (χ0n) is 21.8. The fraction of sp³-hybridized carbons (Fsp3) is 0.483. The van der Waals surface area contributed by atoms with Gasteiger partial charge < -0.3 is 9.47 Å². The second-order valence-corrected chi connectivity index (χ2v) is 12.6. The van der Waals surface area contributed by atoms with Gasteiger partial charge in [-0.25, -0.2) is 9.37 Å². The number of hydrogen-bond acceptors (Lipinski definition) is 5. The highest BCUT2D eigenvalue weighted by molar-refractivity contribution is 14.1. The van der Waals surface area contributed by atoms with Crippen LogP contribution in [-0.4, -0.2) is 39.6 Å². The first kappa shape index (κ1) is 26.1. The van der Waals surface area contributed by atoms with E-state index in [4.69, 9.17) is 0 Å². The van der Waals surface area contributed by atoms with E-state index in [1.807, 2.05) is 6.07 Å². The van der Waals surface area contributed by atoms with Gasteiger partial charge in [-0.15, -0.1) is 0 Å². The van der Waals surface area contributed by atoms with Crippen molar-refractivity contribution in [1.82, 2.24) is 14.5 Å². The molecule has 1 unspecified atom stereocenters. The molecule has 2 aromatic heterocycles. The van der Waals surface area contributed by atoms with Gasteiger partial charge in [-0.1, -0.05) is 48.6 Å². The van der Waals surface area contributed by atoms with Crippen molar-refractivity contribution < 1.29 is 4.39 Å². The standard InChI is InChI=1S/C29H33FIN5O/c1-5-21-17-36(29(3,31)23-11-9-19(13-24(23)30)18-7-8-18)22(6-2)16-35(21)26-14-27(37)34(4)25-12-10-20(15-32)33-28(25)26/h9-14,18,21-22H,5-8,16-17H2,1-4H3/t21-,22+,29?/m0/s1. The normalized spacial score (nSPS) is 22.1. The molecule has 37 heavy (non-hydrogen) atoms. The first-order chi connectivity index (χ1) is 17.7. The second-order valence-electron chi connectivity index (χ2n) is 10.5. The highest BCUT2D eigenvalue weighted by Gasteiger charge is 2.43. The molecule has 6 nitrogen and oxygen atoms in total. The third-order valence-corrected chi connectivity index (χ3v) is 9.41. The lowest BCUT2D eigenvalue weighted by molar-refractivity contribution is 0.0891. The number of anilines is 1. The van der Waals surface area contributed by atoms with E-state index < -0.39 is 3.55 Å². The third-order valence-electron chi connectivity index (χ3n) is 8.20. The van der Waals surface area contributed by atoms with Crippen molar-refractivity contribution >= 4 is 39.3 Å². The van der Waals surface area contributed by atoms with E-state index in [1.54, 1.807) is 35.9 Å². The van der Waals surface area contributed by atoms with Crippen LogP contribution < -0.4 is 10.5 Å². The molecule has 0 radical (unpaired) electrons. The number of pyridine rings is 2. The predicted molar refractivity (Wildman–Crippen MR) is 154 cm³/mol. The Morgan fingerprint density at radius 2 is 1.86 bits per heavy atom. The number of aryl methyl sites for hydroxylation is 1. The van der Waals surface area contributed by atoms with Gasteiger partial charge in [0.15, 0.2) is 0 Å². The number of fused-ring (bicyclic) bond motifs is 1. The maximum Gasteiger partial charge on any atom is 0.252 e. The summed E-state index contributed by atoms with van der Waals surface area (Å²) in [5.74, 6) is 0.390. The minimum atomic E-state index is -0.523. The molecule has 0 spiro atoms. The van der Waals surface area contributed by atoms with Crippen LogP contribution in [0, 0.1) is 17.1 Å². The van der Waals surface area contributed by atoms with E-state index in [2.05, 4.69) is 70.3 Å². The summed E-state index contributed by atoms with van der Waals surface area (Å²) in [5, 5.41) is 9.47. The highest BCUT2D eigenvalue weighted by atomic mass is 127. The van der Waals surface area contributed by atoms with E-state index in [-0.39, 0.29) is 23.5 Å². The SMILES string of the molecule is CC[C@H]1CN(C(C)(I)c2ccc(C3CC3)cc2F)[C@H](CC)CN1c1cc(=O)n(C)c2ccc(C#N)nc12. The van der Waals surface area contributed by atoms with Crippen LogP contribution in [0.15, 0.2) is 41.2 Å². The molecule has 1 aliphatic carbocycles. The van der Waals surface area contributed by atoms with E-state index in [0.29, 0.717) is 29.2 Å². The van der Waals surface area contributed by atoms with Gasteiger partial charge in [-0.05, 0) is 62.3 Å². The van der Waals surface area contributed by atoms with Gasteiger partial charge in [0, 0.05) is 43.9 Å². The number of nitriles is 1. The van der Waals surface area contributed by atoms with Gasteiger partial charge in [0.25, 0.3) is 5.56 Å². The first-order valence-electron chi connectivity index (χ1n) is 13.1. The minimum Gasteiger partial charge on any atom is -0.364 e. The summed E-state index contributed by atoms with van der Waals surface area (Å²) in [6.07, 6.45) is 4.05. The van der Waals surface area contributed by atoms with Crippen molar-refractivity contribution in [2.75, 3.05) is 18.0 Å². The number of halogens is 2. The number of aromatic nitrogens is 2. The first-order valence-corrected chi connectivity index (χ1v) is 14.2. The van der Waals surface area contributed by atoms with Crippen LogP contribution >= 0.6 is 22.6 Å². The monoisotopic (exact) mass is 613 g/mol. The Morgan fingerprint density at radius 1 is 1.14 bits per heavy atom. The van der Waals surface area contributed by atoms with Gasteiger partial charge in [-0.3, -0.25) is 9.69 Å². The van der Waals surface area contributed by atoms with Gasteiger partial charge in [0.1, 0.15) is 23.1 Å². The summed E-state index contributed by atoms with van der Waals surface area (Å²) in [6.45, 7) is 7.84. The number of rotatable bonds is 6. The molecule has 1 aromatic carbocycles. The Morgan fingerprint density at radius 3 is 2.49 bits per heavy atom. The van der Waals surface area contributed by atoms with Crippen LogP contribution in [0.5, 0.6) is 0 Å². The van der Waals surface area contributed by atoms with Crippen molar-refractivity contribution in [1.29, 1.82) is 5.26 Å². The number of benzene rings is 1. The number of hydrogen-bond donors (Lipinski definition) is 0. The fourth-order valence-corrected chi connectivity index (χ4v) is 6.81. The Balaban J connectivity index is 1.54. The zero-order chi connectivity index (χ0) is 26.5. The van der Waals surface area contributed by atoms with Crippen LogP contribution in [0.25, 0.3) is 11.0 Å². The number of nitrogens with zero attached hydrogens (tertiary/aromatic N) is 5. The summed E-state index contributed by atoms with van der Waals surface area (Å²) in [7, 11) is 1.73. The van der Waals surface area contributed by atoms with Crippen LogP contribution in [-0.2, 0) is 10.6 Å². The lowest BCUT2D eigenvalue weighted by Gasteiger charge is -2.52. The molecule has 8 heteroatoms. The maximum absolute atomic E-state index is 15.5. The minimum absolute atomic E-state index is 0.101. The quantitative estimate of drug-likeness (QED) is 0.200. The second kappa shape index (κ2) is 9.99. The molecule has 0 N–H and O–H groups in total. The Kier molecular flexibility index (Phi) is 7.05. The molecular formula is C29H33FIN5O. The summed E-state index contributed by atoms with van der Waals surface area (Å²) in [6, 6.07) is 13.3. The van der Waals surface area contributed by atoms with Crippen LogP contribution in [0.3, 0.4) is 0 Å². The molecule has 1 saturated heterocycles. The van der Waals surface area contributed by atoms with Crippen molar-refractivity contribution in [3.63, 3.8) is 0 Å². The largest absolute Gasteiger partial charge is 0.364 e. The Hall–Kier alpha value is -2.51. The Labute approximate surface area is 231 Å². The molecular weight excluding hydrogens is 580 g/mol. The number of alkyl halides is 1. The maximum atomic E-state index is 15.5. The molecule has 3 aromatic rings. The molecule has 1 saturated carbocycles. The fourth-order valence-electron chi connectivity index (χ4n) is 5.78.